The molecule has 2 amide bonds. The van der Waals surface area contributed by atoms with Gasteiger partial charge in [-0.25, -0.2) is 19.6 Å². The number of rotatable bonds is 4. The van der Waals surface area contributed by atoms with E-state index in [2.05, 4.69) is 14.7 Å². The molecule has 0 atom stereocenters. The van der Waals surface area contributed by atoms with E-state index in [1.165, 1.54) is 13.3 Å². The number of carbonyl (C=O) groups excluding carboxylic acids is 3. The van der Waals surface area contributed by atoms with E-state index in [0.29, 0.717) is 5.56 Å². The molecule has 0 saturated carbocycles. The summed E-state index contributed by atoms with van der Waals surface area (Å²) in [5.41, 5.74) is -0.802. The average molecular weight is 444 g/mol. The number of benzene rings is 1. The summed E-state index contributed by atoms with van der Waals surface area (Å²) in [4.78, 5) is 47.2. The Morgan fingerprint density at radius 2 is 1.44 bits per heavy atom. The molecular formula is C23H29N3O6. The summed E-state index contributed by atoms with van der Waals surface area (Å²) in [6.07, 6.45) is -0.752. The zero-order valence-corrected chi connectivity index (χ0v) is 19.5. The summed E-state index contributed by atoms with van der Waals surface area (Å²) in [5.74, 6) is -0.347. The summed E-state index contributed by atoms with van der Waals surface area (Å²) in [6, 6.07) is 8.91. The number of methoxy groups -OCH3 is 1. The molecule has 0 aliphatic heterocycles. The van der Waals surface area contributed by atoms with Crippen molar-refractivity contribution in [3.63, 3.8) is 0 Å². The van der Waals surface area contributed by atoms with Gasteiger partial charge in [-0.15, -0.1) is 0 Å². The third-order valence-corrected chi connectivity index (χ3v) is 3.79. The van der Waals surface area contributed by atoms with E-state index in [1.807, 2.05) is 6.07 Å². The first-order valence-electron chi connectivity index (χ1n) is 10.0. The predicted octanol–water partition coefficient (Wildman–Crippen LogP) is 4.54. The first kappa shape index (κ1) is 24.8. The zero-order chi connectivity index (χ0) is 24.1. The van der Waals surface area contributed by atoms with E-state index in [0.717, 1.165) is 4.90 Å². The lowest BCUT2D eigenvalue weighted by Gasteiger charge is -2.29. The minimum absolute atomic E-state index is 0.0633. The van der Waals surface area contributed by atoms with Crippen LogP contribution in [0.2, 0.25) is 0 Å². The fourth-order valence-electron chi connectivity index (χ4n) is 2.56. The molecule has 0 saturated heterocycles. The number of nitrogens with zero attached hydrogens (tertiary/aromatic N) is 3. The molecule has 1 aromatic carbocycles. The highest BCUT2D eigenvalue weighted by molar-refractivity contribution is 6.11. The molecule has 0 aliphatic carbocycles. The lowest BCUT2D eigenvalue weighted by Crippen LogP contribution is -2.44. The van der Waals surface area contributed by atoms with Crippen LogP contribution in [0.1, 0.15) is 47.4 Å². The van der Waals surface area contributed by atoms with Gasteiger partial charge >= 0.3 is 18.2 Å². The van der Waals surface area contributed by atoms with E-state index < -0.39 is 29.4 Å². The molecule has 0 N–H and O–H groups in total. The van der Waals surface area contributed by atoms with Crippen LogP contribution in [0.3, 0.4) is 0 Å². The first-order valence-corrected chi connectivity index (χ1v) is 10.0. The molecule has 0 radical (unpaired) electrons. The summed E-state index contributed by atoms with van der Waals surface area (Å²) in [7, 11) is 1.27. The second-order valence-corrected chi connectivity index (χ2v) is 8.94. The largest absolute Gasteiger partial charge is 0.469 e. The standard InChI is InChI=1S/C23H29N3O6/c1-22(2,3)31-20(28)26(21(29)32-23(4,5)6)16-14-24-17(13-18(27)30-7)25-19(16)15-11-9-8-10-12-15/h8-12,14H,13H2,1-7H3. The van der Waals surface area contributed by atoms with Crippen molar-refractivity contribution in [1.82, 2.24) is 9.97 Å². The van der Waals surface area contributed by atoms with Crippen LogP contribution in [-0.4, -0.2) is 46.4 Å². The van der Waals surface area contributed by atoms with E-state index in [1.54, 1.807) is 65.8 Å². The second kappa shape index (κ2) is 9.76. The van der Waals surface area contributed by atoms with Gasteiger partial charge < -0.3 is 14.2 Å². The van der Waals surface area contributed by atoms with Crippen molar-refractivity contribution in [2.75, 3.05) is 12.0 Å². The number of hydrogen-bond donors (Lipinski definition) is 0. The normalized spacial score (nSPS) is 11.5. The van der Waals surface area contributed by atoms with Gasteiger partial charge in [0, 0.05) is 5.56 Å². The summed E-state index contributed by atoms with van der Waals surface area (Å²) >= 11 is 0. The molecule has 2 aromatic rings. The Labute approximate surface area is 187 Å². The third-order valence-electron chi connectivity index (χ3n) is 3.79. The fraction of sp³-hybridized carbons (Fsp3) is 0.435. The Balaban J connectivity index is 2.65. The smallest absolute Gasteiger partial charge is 0.424 e. The molecular weight excluding hydrogens is 414 g/mol. The molecule has 0 unspecified atom stereocenters. The Hall–Kier alpha value is -3.49. The number of aromatic nitrogens is 2. The predicted molar refractivity (Wildman–Crippen MR) is 118 cm³/mol. The van der Waals surface area contributed by atoms with Crippen LogP contribution in [0, 0.1) is 0 Å². The van der Waals surface area contributed by atoms with Gasteiger partial charge in [0.1, 0.15) is 29.1 Å². The Kier molecular flexibility index (Phi) is 7.56. The molecule has 172 valence electrons. The number of imide groups is 1. The van der Waals surface area contributed by atoms with Crippen molar-refractivity contribution in [2.45, 2.75) is 59.2 Å². The minimum atomic E-state index is -0.937. The number of amides is 2. The molecule has 0 aliphatic rings. The molecule has 0 fully saturated rings. The summed E-state index contributed by atoms with van der Waals surface area (Å²) < 4.78 is 15.6. The van der Waals surface area contributed by atoms with Crippen molar-refractivity contribution in [2.24, 2.45) is 0 Å². The minimum Gasteiger partial charge on any atom is -0.469 e. The maximum Gasteiger partial charge on any atom is 0.424 e. The molecule has 1 aromatic heterocycles. The molecule has 1 heterocycles. The molecule has 0 bridgehead atoms. The van der Waals surface area contributed by atoms with Crippen molar-refractivity contribution in [3.8, 4) is 11.3 Å². The van der Waals surface area contributed by atoms with Gasteiger partial charge in [-0.3, -0.25) is 4.79 Å². The number of anilines is 1. The highest BCUT2D eigenvalue weighted by Gasteiger charge is 2.35. The lowest BCUT2D eigenvalue weighted by molar-refractivity contribution is -0.139. The van der Waals surface area contributed by atoms with Crippen molar-refractivity contribution >= 4 is 23.8 Å². The van der Waals surface area contributed by atoms with E-state index in [9.17, 15) is 14.4 Å². The number of hydrogen-bond acceptors (Lipinski definition) is 8. The van der Waals surface area contributed by atoms with Gasteiger partial charge in [0.15, 0.2) is 0 Å². The van der Waals surface area contributed by atoms with Crippen molar-refractivity contribution in [1.29, 1.82) is 0 Å². The number of ether oxygens (including phenoxy) is 3. The van der Waals surface area contributed by atoms with Crippen LogP contribution >= 0.6 is 0 Å². The van der Waals surface area contributed by atoms with E-state index in [4.69, 9.17) is 9.47 Å². The Morgan fingerprint density at radius 3 is 1.91 bits per heavy atom. The number of carbonyl (C=O) groups is 3. The monoisotopic (exact) mass is 443 g/mol. The SMILES string of the molecule is COC(=O)Cc1ncc(N(C(=O)OC(C)(C)C)C(=O)OC(C)(C)C)c(-c2ccccc2)n1. The van der Waals surface area contributed by atoms with Crippen molar-refractivity contribution in [3.05, 3.63) is 42.4 Å². The van der Waals surface area contributed by atoms with Crippen LogP contribution in [0.25, 0.3) is 11.3 Å². The molecule has 32 heavy (non-hydrogen) atoms. The molecule has 9 heteroatoms. The van der Waals surface area contributed by atoms with Crippen LogP contribution in [0.15, 0.2) is 36.5 Å². The van der Waals surface area contributed by atoms with Gasteiger partial charge in [0.2, 0.25) is 0 Å². The highest BCUT2D eigenvalue weighted by atomic mass is 16.6. The summed E-state index contributed by atoms with van der Waals surface area (Å²) in [6.45, 7) is 10.1. The third kappa shape index (κ3) is 7.04. The molecule has 9 nitrogen and oxygen atoms in total. The summed E-state index contributed by atoms with van der Waals surface area (Å²) in [5, 5.41) is 0. The Bertz CT molecular complexity index is 949. The van der Waals surface area contributed by atoms with Crippen LogP contribution in [0.4, 0.5) is 15.3 Å². The van der Waals surface area contributed by atoms with Gasteiger partial charge in [-0.1, -0.05) is 30.3 Å². The topological polar surface area (TPSA) is 108 Å². The molecule has 0 spiro atoms. The van der Waals surface area contributed by atoms with Crippen molar-refractivity contribution < 1.29 is 28.6 Å². The average Bonchev–Trinajstić information content (AvgIpc) is 2.67. The van der Waals surface area contributed by atoms with E-state index >= 15 is 0 Å². The first-order chi connectivity index (χ1) is 14.8. The number of esters is 1. The second-order valence-electron chi connectivity index (χ2n) is 8.94. The maximum atomic E-state index is 13.1. The Morgan fingerprint density at radius 1 is 0.906 bits per heavy atom. The maximum absolute atomic E-state index is 13.1. The zero-order valence-electron chi connectivity index (χ0n) is 19.5. The van der Waals surface area contributed by atoms with Gasteiger partial charge in [-0.2, -0.15) is 4.90 Å². The van der Waals surface area contributed by atoms with Crippen LogP contribution in [-0.2, 0) is 25.4 Å². The van der Waals surface area contributed by atoms with Gasteiger partial charge in [0.25, 0.3) is 0 Å². The van der Waals surface area contributed by atoms with Gasteiger partial charge in [0.05, 0.1) is 19.0 Å². The fourth-order valence-corrected chi connectivity index (χ4v) is 2.56. The quantitative estimate of drug-likeness (QED) is 0.501. The highest BCUT2D eigenvalue weighted by Crippen LogP contribution is 2.31. The lowest BCUT2D eigenvalue weighted by atomic mass is 10.1. The molecule has 2 rings (SSSR count). The van der Waals surface area contributed by atoms with Crippen LogP contribution in [0.5, 0.6) is 0 Å². The van der Waals surface area contributed by atoms with Crippen LogP contribution < -0.4 is 4.90 Å². The van der Waals surface area contributed by atoms with E-state index in [-0.39, 0.29) is 23.6 Å². The van der Waals surface area contributed by atoms with Gasteiger partial charge in [-0.05, 0) is 41.5 Å².